The van der Waals surface area contributed by atoms with E-state index in [1.54, 1.807) is 12.1 Å². The SMILES string of the molecule is Clc1ccc(COc2ccc(CBr)cc2Cl)c(Cl)c1. The Morgan fingerprint density at radius 3 is 2.37 bits per heavy atom. The molecule has 0 fully saturated rings. The second kappa shape index (κ2) is 6.85. The van der Waals surface area contributed by atoms with Gasteiger partial charge in [-0.25, -0.2) is 0 Å². The van der Waals surface area contributed by atoms with E-state index in [0.717, 1.165) is 16.5 Å². The van der Waals surface area contributed by atoms with Crippen LogP contribution in [0.1, 0.15) is 11.1 Å². The summed E-state index contributed by atoms with van der Waals surface area (Å²) in [5.41, 5.74) is 1.97. The van der Waals surface area contributed by atoms with Crippen LogP contribution in [0.15, 0.2) is 36.4 Å². The van der Waals surface area contributed by atoms with Gasteiger partial charge in [0, 0.05) is 20.9 Å². The highest BCUT2D eigenvalue weighted by Gasteiger charge is 2.06. The number of hydrogen-bond donors (Lipinski definition) is 0. The number of benzene rings is 2. The molecule has 0 bridgehead atoms. The first kappa shape index (κ1) is 15.0. The van der Waals surface area contributed by atoms with Crippen LogP contribution in [0.5, 0.6) is 5.75 Å². The van der Waals surface area contributed by atoms with E-state index >= 15 is 0 Å². The molecule has 0 N–H and O–H groups in total. The summed E-state index contributed by atoms with van der Waals surface area (Å²) in [5, 5.41) is 2.53. The van der Waals surface area contributed by atoms with E-state index < -0.39 is 0 Å². The quantitative estimate of drug-likeness (QED) is 0.581. The Morgan fingerprint density at radius 2 is 1.74 bits per heavy atom. The highest BCUT2D eigenvalue weighted by molar-refractivity contribution is 9.08. The minimum Gasteiger partial charge on any atom is -0.487 e. The molecule has 1 nitrogen and oxygen atoms in total. The van der Waals surface area contributed by atoms with Crippen molar-refractivity contribution < 1.29 is 4.74 Å². The molecule has 2 aromatic carbocycles. The van der Waals surface area contributed by atoms with Crippen LogP contribution in [0.4, 0.5) is 0 Å². The molecule has 0 aliphatic rings. The summed E-state index contributed by atoms with van der Waals surface area (Å²) in [7, 11) is 0. The Bertz CT molecular complexity index is 587. The van der Waals surface area contributed by atoms with Crippen molar-refractivity contribution in [3.8, 4) is 5.75 Å². The lowest BCUT2D eigenvalue weighted by Gasteiger charge is -2.10. The molecule has 0 spiro atoms. The molecule has 0 aliphatic carbocycles. The molecule has 0 heterocycles. The Morgan fingerprint density at radius 1 is 0.947 bits per heavy atom. The fourth-order valence-corrected chi connectivity index (χ4v) is 2.61. The van der Waals surface area contributed by atoms with Crippen LogP contribution in [-0.4, -0.2) is 0 Å². The van der Waals surface area contributed by atoms with Gasteiger partial charge in [-0.3, -0.25) is 0 Å². The van der Waals surface area contributed by atoms with Gasteiger partial charge in [0.05, 0.1) is 5.02 Å². The molecule has 0 aliphatic heterocycles. The highest BCUT2D eigenvalue weighted by atomic mass is 79.9. The summed E-state index contributed by atoms with van der Waals surface area (Å²) in [6, 6.07) is 11.0. The maximum absolute atomic E-state index is 6.14. The van der Waals surface area contributed by atoms with Gasteiger partial charge >= 0.3 is 0 Å². The van der Waals surface area contributed by atoms with Gasteiger partial charge in [-0.2, -0.15) is 0 Å². The van der Waals surface area contributed by atoms with Crippen molar-refractivity contribution >= 4 is 50.7 Å². The number of ether oxygens (including phenoxy) is 1. The van der Waals surface area contributed by atoms with Crippen molar-refractivity contribution in [1.29, 1.82) is 0 Å². The van der Waals surface area contributed by atoms with E-state index in [1.807, 2.05) is 24.3 Å². The average Bonchev–Trinajstić information content (AvgIpc) is 2.39. The fourth-order valence-electron chi connectivity index (χ4n) is 1.54. The predicted octanol–water partition coefficient (Wildman–Crippen LogP) is 6.12. The van der Waals surface area contributed by atoms with Gasteiger partial charge in [-0.05, 0) is 29.8 Å². The maximum Gasteiger partial charge on any atom is 0.138 e. The van der Waals surface area contributed by atoms with Gasteiger partial charge in [0.2, 0.25) is 0 Å². The largest absolute Gasteiger partial charge is 0.487 e. The molecule has 100 valence electrons. The minimum atomic E-state index is 0.351. The molecular formula is C14H10BrCl3O. The normalized spacial score (nSPS) is 10.5. The number of rotatable bonds is 4. The Balaban J connectivity index is 2.10. The lowest BCUT2D eigenvalue weighted by Crippen LogP contribution is -1.97. The lowest BCUT2D eigenvalue weighted by molar-refractivity contribution is 0.306. The Hall–Kier alpha value is -0.410. The summed E-state index contributed by atoms with van der Waals surface area (Å²) >= 11 is 21.4. The van der Waals surface area contributed by atoms with E-state index in [0.29, 0.717) is 27.4 Å². The smallest absolute Gasteiger partial charge is 0.138 e. The van der Waals surface area contributed by atoms with E-state index in [-0.39, 0.29) is 0 Å². The summed E-state index contributed by atoms with van der Waals surface area (Å²) in [4.78, 5) is 0. The minimum absolute atomic E-state index is 0.351. The topological polar surface area (TPSA) is 9.23 Å². The Labute approximate surface area is 135 Å². The summed E-state index contributed by atoms with van der Waals surface area (Å²) in [6.07, 6.45) is 0. The fraction of sp³-hybridized carbons (Fsp3) is 0.143. The van der Waals surface area contributed by atoms with Gasteiger partial charge in [0.25, 0.3) is 0 Å². The second-order valence-corrected chi connectivity index (χ2v) is 5.73. The molecule has 0 atom stereocenters. The Kier molecular flexibility index (Phi) is 5.40. The third kappa shape index (κ3) is 4.03. The molecule has 2 rings (SSSR count). The zero-order valence-corrected chi connectivity index (χ0v) is 13.7. The maximum atomic E-state index is 6.14. The van der Waals surface area contributed by atoms with Gasteiger partial charge in [0.1, 0.15) is 12.4 Å². The zero-order valence-electron chi connectivity index (χ0n) is 9.80. The van der Waals surface area contributed by atoms with Crippen LogP contribution < -0.4 is 4.74 Å². The molecule has 0 aromatic heterocycles. The molecule has 19 heavy (non-hydrogen) atoms. The van der Waals surface area contributed by atoms with Crippen LogP contribution in [0.3, 0.4) is 0 Å². The van der Waals surface area contributed by atoms with Crippen LogP contribution >= 0.6 is 50.7 Å². The number of hydrogen-bond acceptors (Lipinski definition) is 1. The molecule has 0 saturated heterocycles. The van der Waals surface area contributed by atoms with Crippen molar-refractivity contribution in [2.24, 2.45) is 0 Å². The summed E-state index contributed by atoms with van der Waals surface area (Å²) in [6.45, 7) is 0.351. The van der Waals surface area contributed by atoms with E-state index in [9.17, 15) is 0 Å². The molecule has 2 aromatic rings. The van der Waals surface area contributed by atoms with Gasteiger partial charge in [-0.15, -0.1) is 0 Å². The first-order chi connectivity index (χ1) is 9.10. The van der Waals surface area contributed by atoms with Crippen molar-refractivity contribution in [3.63, 3.8) is 0 Å². The average molecular weight is 380 g/mol. The molecule has 5 heteroatoms. The highest BCUT2D eigenvalue weighted by Crippen LogP contribution is 2.28. The van der Waals surface area contributed by atoms with Crippen LogP contribution in [-0.2, 0) is 11.9 Å². The monoisotopic (exact) mass is 378 g/mol. The molecular weight excluding hydrogens is 370 g/mol. The first-order valence-electron chi connectivity index (χ1n) is 5.51. The molecule has 0 unspecified atom stereocenters. The van der Waals surface area contributed by atoms with E-state index in [4.69, 9.17) is 39.5 Å². The second-order valence-electron chi connectivity index (χ2n) is 3.92. The molecule has 0 radical (unpaired) electrons. The lowest BCUT2D eigenvalue weighted by atomic mass is 10.2. The van der Waals surface area contributed by atoms with Crippen LogP contribution in [0.2, 0.25) is 15.1 Å². The molecule has 0 saturated carbocycles. The van der Waals surface area contributed by atoms with Gasteiger partial charge in [-0.1, -0.05) is 62.9 Å². The first-order valence-corrected chi connectivity index (χ1v) is 7.77. The van der Waals surface area contributed by atoms with Crippen molar-refractivity contribution in [2.75, 3.05) is 0 Å². The van der Waals surface area contributed by atoms with Gasteiger partial charge in [0.15, 0.2) is 0 Å². The van der Waals surface area contributed by atoms with Crippen molar-refractivity contribution in [2.45, 2.75) is 11.9 Å². The van der Waals surface area contributed by atoms with Crippen molar-refractivity contribution in [1.82, 2.24) is 0 Å². The van der Waals surface area contributed by atoms with Gasteiger partial charge < -0.3 is 4.74 Å². The number of halogens is 4. The van der Waals surface area contributed by atoms with E-state index in [1.165, 1.54) is 0 Å². The number of alkyl halides is 1. The molecule has 0 amide bonds. The third-order valence-corrected chi connectivity index (χ3v) is 4.08. The van der Waals surface area contributed by atoms with Crippen LogP contribution in [0, 0.1) is 0 Å². The van der Waals surface area contributed by atoms with E-state index in [2.05, 4.69) is 15.9 Å². The predicted molar refractivity (Wildman–Crippen MR) is 84.9 cm³/mol. The van der Waals surface area contributed by atoms with Crippen LogP contribution in [0.25, 0.3) is 0 Å². The third-order valence-electron chi connectivity index (χ3n) is 2.55. The van der Waals surface area contributed by atoms with Crippen molar-refractivity contribution in [3.05, 3.63) is 62.6 Å². The zero-order chi connectivity index (χ0) is 13.8. The standard InChI is InChI=1S/C14H10BrCl3O/c15-7-9-1-4-14(13(18)5-9)19-8-10-2-3-11(16)6-12(10)17/h1-6H,7-8H2. The summed E-state index contributed by atoms with van der Waals surface area (Å²) < 4.78 is 5.67. The summed E-state index contributed by atoms with van der Waals surface area (Å²) in [5.74, 6) is 0.636.